The number of amides is 1. The molecule has 0 saturated carbocycles. The van der Waals surface area contributed by atoms with Crippen molar-refractivity contribution in [3.8, 4) is 0 Å². The largest absolute Gasteiger partial charge is 0.357 e. The number of nitrogens with zero attached hydrogens (tertiary/aromatic N) is 3. The Bertz CT molecular complexity index is 861. The van der Waals surface area contributed by atoms with Crippen LogP contribution >= 0.6 is 24.0 Å². The number of aromatic nitrogens is 2. The SMILES string of the molecule is CCNC(=NCC(=O)Nc1cccc(CC)c1)NC(C)Cc1c(C)nn(C)c1C.I. The zero-order valence-electron chi connectivity index (χ0n) is 18.9. The number of halogens is 1. The maximum Gasteiger partial charge on any atom is 0.246 e. The van der Waals surface area contributed by atoms with Crippen LogP contribution in [0.25, 0.3) is 0 Å². The van der Waals surface area contributed by atoms with Crippen molar-refractivity contribution in [2.45, 2.75) is 53.5 Å². The summed E-state index contributed by atoms with van der Waals surface area (Å²) in [7, 11) is 1.96. The van der Waals surface area contributed by atoms with Crippen molar-refractivity contribution in [1.29, 1.82) is 0 Å². The number of carbonyl (C=O) groups excluding carboxylic acids is 1. The zero-order chi connectivity index (χ0) is 21.4. The lowest BCUT2D eigenvalue weighted by molar-refractivity contribution is -0.114. The molecule has 2 aromatic rings. The van der Waals surface area contributed by atoms with Crippen LogP contribution in [0.15, 0.2) is 29.3 Å². The fourth-order valence-electron chi connectivity index (χ4n) is 3.24. The number of aryl methyl sites for hydroxylation is 3. The molecule has 7 nitrogen and oxygen atoms in total. The lowest BCUT2D eigenvalue weighted by atomic mass is 10.1. The topological polar surface area (TPSA) is 83.3 Å². The summed E-state index contributed by atoms with van der Waals surface area (Å²) in [4.78, 5) is 16.8. The molecule has 0 aliphatic carbocycles. The van der Waals surface area contributed by atoms with Gasteiger partial charge in [-0.15, -0.1) is 24.0 Å². The number of rotatable bonds is 8. The van der Waals surface area contributed by atoms with E-state index in [1.165, 1.54) is 16.8 Å². The molecule has 1 heterocycles. The van der Waals surface area contributed by atoms with Gasteiger partial charge < -0.3 is 16.0 Å². The summed E-state index contributed by atoms with van der Waals surface area (Å²) in [6.45, 7) is 11.1. The predicted molar refractivity (Wildman–Crippen MR) is 135 cm³/mol. The van der Waals surface area contributed by atoms with Crippen molar-refractivity contribution in [2.75, 3.05) is 18.4 Å². The Hall–Kier alpha value is -2.10. The molecule has 30 heavy (non-hydrogen) atoms. The van der Waals surface area contributed by atoms with Crippen LogP contribution in [-0.2, 0) is 24.7 Å². The number of hydrogen-bond acceptors (Lipinski definition) is 3. The number of aliphatic imine (C=N–C) groups is 1. The fraction of sp³-hybridized carbons (Fsp3) is 0.500. The minimum atomic E-state index is -0.137. The molecule has 1 unspecified atom stereocenters. The third-order valence-electron chi connectivity index (χ3n) is 4.90. The Balaban J connectivity index is 0.00000450. The highest BCUT2D eigenvalue weighted by atomic mass is 127. The van der Waals surface area contributed by atoms with Gasteiger partial charge in [-0.25, -0.2) is 4.99 Å². The molecule has 2 rings (SSSR count). The fourth-order valence-corrected chi connectivity index (χ4v) is 3.24. The first kappa shape index (κ1) is 25.9. The van der Waals surface area contributed by atoms with Crippen molar-refractivity contribution in [2.24, 2.45) is 12.0 Å². The summed E-state index contributed by atoms with van der Waals surface area (Å²) in [6.07, 6.45) is 1.77. The molecular weight excluding hydrogens is 491 g/mol. The summed E-state index contributed by atoms with van der Waals surface area (Å²) in [5.41, 5.74) is 5.47. The van der Waals surface area contributed by atoms with Crippen molar-refractivity contribution >= 4 is 41.5 Å². The highest BCUT2D eigenvalue weighted by Crippen LogP contribution is 2.14. The number of hydrogen-bond donors (Lipinski definition) is 3. The maximum atomic E-state index is 12.3. The van der Waals surface area contributed by atoms with E-state index in [0.717, 1.165) is 30.8 Å². The van der Waals surface area contributed by atoms with Gasteiger partial charge in [0.05, 0.1) is 5.69 Å². The van der Waals surface area contributed by atoms with Crippen LogP contribution in [0.2, 0.25) is 0 Å². The molecule has 0 radical (unpaired) electrons. The van der Waals surface area contributed by atoms with Gasteiger partial charge in [-0.1, -0.05) is 19.1 Å². The van der Waals surface area contributed by atoms with Crippen molar-refractivity contribution < 1.29 is 4.79 Å². The first-order valence-corrected chi connectivity index (χ1v) is 10.3. The highest BCUT2D eigenvalue weighted by Gasteiger charge is 2.14. The summed E-state index contributed by atoms with van der Waals surface area (Å²) < 4.78 is 1.91. The van der Waals surface area contributed by atoms with Gasteiger partial charge in [-0.05, 0) is 63.8 Å². The highest BCUT2D eigenvalue weighted by molar-refractivity contribution is 14.0. The van der Waals surface area contributed by atoms with Crippen molar-refractivity contribution in [3.63, 3.8) is 0 Å². The summed E-state index contributed by atoms with van der Waals surface area (Å²) in [6, 6.07) is 8.04. The van der Waals surface area contributed by atoms with E-state index in [2.05, 4.69) is 46.8 Å². The average molecular weight is 526 g/mol. The number of nitrogens with one attached hydrogen (secondary N) is 3. The standard InChI is InChI=1S/C22H34N6O.HI/c1-7-18-10-9-11-19(13-18)26-21(29)14-24-22(23-8-2)25-15(3)12-20-16(4)27-28(6)17(20)5;/h9-11,13,15H,7-8,12,14H2,1-6H3,(H,26,29)(H2,23,24,25);1H. The second kappa shape index (κ2) is 12.6. The Kier molecular flexibility index (Phi) is 10.9. The van der Waals surface area contributed by atoms with Crippen LogP contribution in [-0.4, -0.2) is 40.8 Å². The van der Waals surface area contributed by atoms with Gasteiger partial charge >= 0.3 is 0 Å². The number of anilines is 1. The van der Waals surface area contributed by atoms with Crippen LogP contribution in [0, 0.1) is 13.8 Å². The first-order valence-electron chi connectivity index (χ1n) is 10.3. The van der Waals surface area contributed by atoms with E-state index < -0.39 is 0 Å². The molecule has 0 bridgehead atoms. The van der Waals surface area contributed by atoms with Crippen LogP contribution < -0.4 is 16.0 Å². The summed E-state index contributed by atoms with van der Waals surface area (Å²) in [5.74, 6) is 0.499. The lowest BCUT2D eigenvalue weighted by Crippen LogP contribution is -2.43. The van der Waals surface area contributed by atoms with E-state index in [1.54, 1.807) is 0 Å². The van der Waals surface area contributed by atoms with E-state index in [0.29, 0.717) is 5.96 Å². The van der Waals surface area contributed by atoms with Gasteiger partial charge in [0, 0.05) is 31.0 Å². The third-order valence-corrected chi connectivity index (χ3v) is 4.90. The Labute approximate surface area is 197 Å². The van der Waals surface area contributed by atoms with Gasteiger partial charge in [0.15, 0.2) is 5.96 Å². The van der Waals surface area contributed by atoms with E-state index in [1.807, 2.05) is 49.8 Å². The Morgan fingerprint density at radius 2 is 2.00 bits per heavy atom. The van der Waals surface area contributed by atoms with E-state index in [-0.39, 0.29) is 42.5 Å². The number of carbonyl (C=O) groups is 1. The van der Waals surface area contributed by atoms with Crippen molar-refractivity contribution in [3.05, 3.63) is 46.8 Å². The number of guanidine groups is 1. The maximum absolute atomic E-state index is 12.3. The molecule has 0 spiro atoms. The minimum absolute atomic E-state index is 0. The molecule has 1 amide bonds. The van der Waals surface area contributed by atoms with Gasteiger partial charge in [-0.2, -0.15) is 5.10 Å². The molecule has 8 heteroatoms. The smallest absolute Gasteiger partial charge is 0.246 e. The van der Waals surface area contributed by atoms with E-state index >= 15 is 0 Å². The number of benzene rings is 1. The molecular formula is C22H35IN6O. The minimum Gasteiger partial charge on any atom is -0.357 e. The summed E-state index contributed by atoms with van der Waals surface area (Å²) in [5, 5.41) is 14.0. The molecule has 0 saturated heterocycles. The third kappa shape index (κ3) is 7.62. The van der Waals surface area contributed by atoms with E-state index in [4.69, 9.17) is 0 Å². The van der Waals surface area contributed by atoms with Crippen LogP contribution in [0.4, 0.5) is 5.69 Å². The van der Waals surface area contributed by atoms with Gasteiger partial charge in [0.25, 0.3) is 0 Å². The molecule has 1 aromatic heterocycles. The van der Waals surface area contributed by atoms with Crippen LogP contribution in [0.5, 0.6) is 0 Å². The second-order valence-electron chi connectivity index (χ2n) is 7.32. The van der Waals surface area contributed by atoms with E-state index in [9.17, 15) is 4.79 Å². The molecule has 1 atom stereocenters. The molecule has 166 valence electrons. The zero-order valence-corrected chi connectivity index (χ0v) is 21.2. The van der Waals surface area contributed by atoms with Crippen molar-refractivity contribution in [1.82, 2.24) is 20.4 Å². The van der Waals surface area contributed by atoms with Crippen LogP contribution in [0.3, 0.4) is 0 Å². The molecule has 0 aliphatic rings. The lowest BCUT2D eigenvalue weighted by Gasteiger charge is -2.18. The molecule has 0 fully saturated rings. The average Bonchev–Trinajstić information content (AvgIpc) is 2.92. The normalized spacial score (nSPS) is 12.1. The van der Waals surface area contributed by atoms with Gasteiger partial charge in [0.2, 0.25) is 5.91 Å². The molecule has 3 N–H and O–H groups in total. The van der Waals surface area contributed by atoms with Crippen LogP contribution in [0.1, 0.15) is 43.3 Å². The van der Waals surface area contributed by atoms with Gasteiger partial charge in [-0.3, -0.25) is 9.48 Å². The predicted octanol–water partition coefficient (Wildman–Crippen LogP) is 3.34. The molecule has 1 aromatic carbocycles. The summed E-state index contributed by atoms with van der Waals surface area (Å²) >= 11 is 0. The second-order valence-corrected chi connectivity index (χ2v) is 7.32. The molecule has 0 aliphatic heterocycles. The van der Waals surface area contributed by atoms with Gasteiger partial charge in [0.1, 0.15) is 6.54 Å². The first-order chi connectivity index (χ1) is 13.8. The Morgan fingerprint density at radius 1 is 1.27 bits per heavy atom. The monoisotopic (exact) mass is 526 g/mol. The quantitative estimate of drug-likeness (QED) is 0.280. The Morgan fingerprint density at radius 3 is 2.60 bits per heavy atom.